The van der Waals surface area contributed by atoms with E-state index in [1.807, 2.05) is 34.6 Å². The molecule has 0 saturated heterocycles. The van der Waals surface area contributed by atoms with Crippen molar-refractivity contribution >= 4 is 19.5 Å². The third kappa shape index (κ3) is 8.73. The largest absolute Gasteiger partial charge is 0.456 e. The molecule has 0 aliphatic heterocycles. The van der Waals surface area contributed by atoms with Crippen LogP contribution in [0.5, 0.6) is 0 Å². The van der Waals surface area contributed by atoms with Crippen LogP contribution < -0.4 is 0 Å². The van der Waals surface area contributed by atoms with Gasteiger partial charge in [0.2, 0.25) is 0 Å². The number of halogens is 3. The van der Waals surface area contributed by atoms with E-state index in [-0.39, 0.29) is 12.8 Å². The summed E-state index contributed by atoms with van der Waals surface area (Å²) in [5, 5.41) is 0. The van der Waals surface area contributed by atoms with Gasteiger partial charge in [-0.2, -0.15) is 13.2 Å². The molecule has 0 fully saturated rings. The molecule has 0 aliphatic rings. The maximum atomic E-state index is 13.3. The Kier molecular flexibility index (Phi) is 10.2. The molecule has 0 spiro atoms. The molecule has 0 bridgehead atoms. The van der Waals surface area contributed by atoms with E-state index in [2.05, 4.69) is 0 Å². The van der Waals surface area contributed by atoms with Gasteiger partial charge in [-0.3, -0.25) is 14.2 Å². The molecule has 11 heteroatoms. The Labute approximate surface area is 214 Å². The second kappa shape index (κ2) is 10.6. The van der Waals surface area contributed by atoms with Crippen LogP contribution in [0.2, 0.25) is 0 Å². The number of carbonyl (C=O) groups is 2. The molecule has 0 amide bonds. The third-order valence-electron chi connectivity index (χ3n) is 8.04. The number of rotatable bonds is 10. The van der Waals surface area contributed by atoms with Crippen molar-refractivity contribution in [3.63, 3.8) is 0 Å². The molecular formula is C25H46F3O7P. The highest BCUT2D eigenvalue weighted by atomic mass is 31.2. The summed E-state index contributed by atoms with van der Waals surface area (Å²) in [6.45, 7) is 19.7. The first-order valence-electron chi connectivity index (χ1n) is 11.9. The van der Waals surface area contributed by atoms with Crippen LogP contribution in [0, 0.1) is 32.5 Å². The Hall–Kier alpha value is -1.12. The van der Waals surface area contributed by atoms with Crippen molar-refractivity contribution in [2.24, 2.45) is 32.5 Å². The summed E-state index contributed by atoms with van der Waals surface area (Å²) in [5.41, 5.74) is -5.70. The van der Waals surface area contributed by atoms with Crippen molar-refractivity contribution < 1.29 is 46.6 Å². The molecule has 214 valence electrons. The zero-order chi connectivity index (χ0) is 29.4. The van der Waals surface area contributed by atoms with Crippen molar-refractivity contribution in [2.75, 3.05) is 13.0 Å². The summed E-state index contributed by atoms with van der Waals surface area (Å²) < 4.78 is 59.8. The van der Waals surface area contributed by atoms with Gasteiger partial charge >= 0.3 is 25.7 Å². The number of hydrogen-bond acceptors (Lipinski definition) is 5. The molecule has 0 saturated carbocycles. The SMILES string of the molecule is CC(C)(C)CC(C)(C(=O)OCC(F)(F)F)C(C)(C)C(C)(C)CC(C)(C(=O)OCP(=O)(O)O)C(C)(C)C. The van der Waals surface area contributed by atoms with Crippen LogP contribution in [0.1, 0.15) is 95.9 Å². The average molecular weight is 547 g/mol. The van der Waals surface area contributed by atoms with Gasteiger partial charge in [-0.25, -0.2) is 0 Å². The van der Waals surface area contributed by atoms with Crippen LogP contribution >= 0.6 is 7.60 Å². The first-order valence-corrected chi connectivity index (χ1v) is 13.7. The number of esters is 2. The quantitative estimate of drug-likeness (QED) is 0.232. The Balaban J connectivity index is 6.60. The minimum absolute atomic E-state index is 0.114. The number of carbonyl (C=O) groups excluding carboxylic acids is 2. The number of ether oxygens (including phenoxy) is 2. The molecule has 2 atom stereocenters. The molecule has 0 heterocycles. The Bertz CT molecular complexity index is 847. The fourth-order valence-electron chi connectivity index (χ4n) is 4.71. The molecule has 2 N–H and O–H groups in total. The smallest absolute Gasteiger partial charge is 0.422 e. The minimum atomic E-state index is -4.68. The second-order valence-electron chi connectivity index (χ2n) is 13.8. The van der Waals surface area contributed by atoms with Crippen molar-refractivity contribution in [3.8, 4) is 0 Å². The minimum Gasteiger partial charge on any atom is -0.456 e. The van der Waals surface area contributed by atoms with Gasteiger partial charge in [0.05, 0.1) is 10.8 Å². The summed E-state index contributed by atoms with van der Waals surface area (Å²) in [7, 11) is -4.61. The van der Waals surface area contributed by atoms with Crippen LogP contribution in [0.15, 0.2) is 0 Å². The lowest BCUT2D eigenvalue weighted by atomic mass is 9.47. The molecule has 0 rings (SSSR count). The van der Waals surface area contributed by atoms with Gasteiger partial charge in [0.1, 0.15) is 0 Å². The van der Waals surface area contributed by atoms with E-state index in [9.17, 15) is 37.1 Å². The normalized spacial score (nSPS) is 17.7. The van der Waals surface area contributed by atoms with E-state index in [1.165, 1.54) is 0 Å². The average Bonchev–Trinajstić information content (AvgIpc) is 2.59. The van der Waals surface area contributed by atoms with Crippen LogP contribution in [0.3, 0.4) is 0 Å². The van der Waals surface area contributed by atoms with E-state index < -0.39 is 71.2 Å². The zero-order valence-corrected chi connectivity index (χ0v) is 24.7. The first-order chi connectivity index (χ1) is 15.4. The van der Waals surface area contributed by atoms with Gasteiger partial charge in [-0.1, -0.05) is 69.2 Å². The highest BCUT2D eigenvalue weighted by molar-refractivity contribution is 7.51. The summed E-state index contributed by atoms with van der Waals surface area (Å²) >= 11 is 0. The fraction of sp³-hybridized carbons (Fsp3) is 0.920. The number of hydrogen-bond donors (Lipinski definition) is 2. The predicted molar refractivity (Wildman–Crippen MR) is 132 cm³/mol. The molecule has 0 aliphatic carbocycles. The van der Waals surface area contributed by atoms with Crippen molar-refractivity contribution in [2.45, 2.75) is 102 Å². The van der Waals surface area contributed by atoms with Crippen LogP contribution in [-0.4, -0.2) is 40.9 Å². The van der Waals surface area contributed by atoms with Crippen molar-refractivity contribution in [1.82, 2.24) is 0 Å². The van der Waals surface area contributed by atoms with Crippen LogP contribution in [-0.2, 0) is 23.6 Å². The van der Waals surface area contributed by atoms with Gasteiger partial charge in [-0.05, 0) is 48.3 Å². The molecule has 0 radical (unpaired) electrons. The third-order valence-corrected chi connectivity index (χ3v) is 8.50. The highest BCUT2D eigenvalue weighted by Crippen LogP contribution is 2.61. The molecule has 0 aromatic rings. The van der Waals surface area contributed by atoms with Gasteiger partial charge in [0, 0.05) is 0 Å². The summed E-state index contributed by atoms with van der Waals surface area (Å²) in [4.78, 5) is 44.9. The lowest BCUT2D eigenvalue weighted by Crippen LogP contribution is -2.56. The van der Waals surface area contributed by atoms with Crippen LogP contribution in [0.4, 0.5) is 13.2 Å². The first kappa shape index (κ1) is 34.9. The second-order valence-corrected chi connectivity index (χ2v) is 15.3. The Morgan fingerprint density at radius 3 is 1.47 bits per heavy atom. The van der Waals surface area contributed by atoms with E-state index >= 15 is 0 Å². The summed E-state index contributed by atoms with van der Waals surface area (Å²) in [6.07, 6.45) is -5.41. The molecular weight excluding hydrogens is 500 g/mol. The van der Waals surface area contributed by atoms with E-state index in [1.54, 1.807) is 48.5 Å². The van der Waals surface area contributed by atoms with Gasteiger partial charge in [-0.15, -0.1) is 0 Å². The van der Waals surface area contributed by atoms with E-state index in [0.717, 1.165) is 0 Å². The monoisotopic (exact) mass is 546 g/mol. The Morgan fingerprint density at radius 1 is 0.722 bits per heavy atom. The fourth-order valence-corrected chi connectivity index (χ4v) is 5.00. The maximum absolute atomic E-state index is 13.3. The lowest BCUT2D eigenvalue weighted by Gasteiger charge is -2.56. The Morgan fingerprint density at radius 2 is 1.14 bits per heavy atom. The van der Waals surface area contributed by atoms with Gasteiger partial charge < -0.3 is 19.3 Å². The molecule has 0 aromatic carbocycles. The predicted octanol–water partition coefficient (Wildman–Crippen LogP) is 6.71. The van der Waals surface area contributed by atoms with Crippen LogP contribution in [0.25, 0.3) is 0 Å². The van der Waals surface area contributed by atoms with Crippen molar-refractivity contribution in [1.29, 1.82) is 0 Å². The molecule has 0 aromatic heterocycles. The van der Waals surface area contributed by atoms with E-state index in [0.29, 0.717) is 0 Å². The summed E-state index contributed by atoms with van der Waals surface area (Å²) in [5.74, 6) is -1.78. The maximum Gasteiger partial charge on any atom is 0.422 e. The molecule has 36 heavy (non-hydrogen) atoms. The standard InChI is InChI=1S/C25H46F3O7P/c1-19(2,3)13-24(12,18(30)34-15-25(26,27)28)22(9,10)21(7,8)14-23(11,20(4,5)6)17(29)35-16-36(31,32)33/h13-16H2,1-12H3,(H2,31,32,33). The zero-order valence-electron chi connectivity index (χ0n) is 23.8. The molecule has 7 nitrogen and oxygen atoms in total. The van der Waals surface area contributed by atoms with E-state index in [4.69, 9.17) is 9.47 Å². The van der Waals surface area contributed by atoms with Gasteiger partial charge in [0.15, 0.2) is 13.0 Å². The number of alkyl halides is 3. The topological polar surface area (TPSA) is 110 Å². The summed E-state index contributed by atoms with van der Waals surface area (Å²) in [6, 6.07) is 0. The molecule has 2 unspecified atom stereocenters. The lowest BCUT2D eigenvalue weighted by molar-refractivity contribution is -0.206. The van der Waals surface area contributed by atoms with Crippen molar-refractivity contribution in [3.05, 3.63) is 0 Å². The van der Waals surface area contributed by atoms with Gasteiger partial charge in [0.25, 0.3) is 0 Å². The highest BCUT2D eigenvalue weighted by Gasteiger charge is 2.60.